The maximum absolute atomic E-state index is 15.4. The van der Waals surface area contributed by atoms with Crippen molar-refractivity contribution in [3.05, 3.63) is 74.7 Å². The van der Waals surface area contributed by atoms with Crippen LogP contribution in [0.3, 0.4) is 0 Å². The summed E-state index contributed by atoms with van der Waals surface area (Å²) in [6.07, 6.45) is 8.06. The minimum Gasteiger partial charge on any atom is -0.496 e. The van der Waals surface area contributed by atoms with E-state index in [9.17, 15) is 9.18 Å². The SMILES string of the molecule is CN[C@H]1CC[C@H](N(Cc2cc(-c3ccncc3)ccc2OC)C(=O)c2sc3c(c2Cl)C(F)=CCC3(C)F)CC1. The van der Waals surface area contributed by atoms with Crippen LogP contribution in [0.15, 0.2) is 48.8 Å². The summed E-state index contributed by atoms with van der Waals surface area (Å²) < 4.78 is 35.9. The summed E-state index contributed by atoms with van der Waals surface area (Å²) in [5, 5.41) is 3.33. The third-order valence-electron chi connectivity index (χ3n) is 7.86. The number of hydrogen-bond donors (Lipinski definition) is 1. The van der Waals surface area contributed by atoms with Gasteiger partial charge in [-0.1, -0.05) is 17.7 Å². The van der Waals surface area contributed by atoms with Crippen molar-refractivity contribution >= 4 is 34.7 Å². The fourth-order valence-electron chi connectivity index (χ4n) is 5.59. The van der Waals surface area contributed by atoms with Gasteiger partial charge in [0, 0.05) is 48.6 Å². The van der Waals surface area contributed by atoms with E-state index in [1.165, 1.54) is 13.0 Å². The number of allylic oxidation sites excluding steroid dienone is 1. The van der Waals surface area contributed by atoms with Gasteiger partial charge in [0.05, 0.1) is 17.0 Å². The van der Waals surface area contributed by atoms with Gasteiger partial charge in [0.1, 0.15) is 22.1 Å². The van der Waals surface area contributed by atoms with Crippen molar-refractivity contribution in [3.63, 3.8) is 0 Å². The van der Waals surface area contributed by atoms with E-state index in [1.807, 2.05) is 42.3 Å². The van der Waals surface area contributed by atoms with E-state index in [0.29, 0.717) is 11.8 Å². The second kappa shape index (κ2) is 11.4. The molecule has 5 rings (SSSR count). The van der Waals surface area contributed by atoms with Gasteiger partial charge in [-0.05, 0) is 81.1 Å². The van der Waals surface area contributed by atoms with E-state index >= 15 is 4.39 Å². The summed E-state index contributed by atoms with van der Waals surface area (Å²) in [7, 11) is 3.56. The van der Waals surface area contributed by atoms with Crippen LogP contribution in [-0.2, 0) is 12.2 Å². The van der Waals surface area contributed by atoms with Gasteiger partial charge in [-0.3, -0.25) is 9.78 Å². The van der Waals surface area contributed by atoms with Crippen molar-refractivity contribution < 1.29 is 18.3 Å². The van der Waals surface area contributed by atoms with Crippen LogP contribution >= 0.6 is 22.9 Å². The van der Waals surface area contributed by atoms with Crippen molar-refractivity contribution in [2.75, 3.05) is 14.2 Å². The Balaban J connectivity index is 1.55. The summed E-state index contributed by atoms with van der Waals surface area (Å²) in [6.45, 7) is 1.68. The second-order valence-corrected chi connectivity index (χ2v) is 11.8. The molecule has 0 saturated heterocycles. The highest BCUT2D eigenvalue weighted by Gasteiger charge is 2.40. The lowest BCUT2D eigenvalue weighted by Gasteiger charge is -2.37. The lowest BCUT2D eigenvalue weighted by Crippen LogP contribution is -2.44. The Bertz CT molecular complexity index is 1380. The van der Waals surface area contributed by atoms with Crippen molar-refractivity contribution in [2.24, 2.45) is 0 Å². The minimum absolute atomic E-state index is 0.0104. The number of halogens is 3. The molecule has 3 aromatic rings. The molecule has 9 heteroatoms. The third-order valence-corrected chi connectivity index (χ3v) is 9.77. The molecule has 2 aliphatic carbocycles. The summed E-state index contributed by atoms with van der Waals surface area (Å²) in [6, 6.07) is 10.1. The Morgan fingerprint density at radius 3 is 2.56 bits per heavy atom. The number of carbonyl (C=O) groups is 1. The van der Waals surface area contributed by atoms with Crippen LogP contribution < -0.4 is 10.1 Å². The molecule has 2 aliphatic rings. The highest BCUT2D eigenvalue weighted by atomic mass is 35.5. The number of ether oxygens (including phenoxy) is 1. The zero-order chi connectivity index (χ0) is 27.7. The number of thiophene rings is 1. The summed E-state index contributed by atoms with van der Waals surface area (Å²) in [5.41, 5.74) is 1.05. The number of methoxy groups -OCH3 is 1. The van der Waals surface area contributed by atoms with Crippen LogP contribution in [0.2, 0.25) is 5.02 Å². The average Bonchev–Trinajstić information content (AvgIpc) is 3.33. The van der Waals surface area contributed by atoms with Crippen LogP contribution in [0, 0.1) is 0 Å². The molecule has 206 valence electrons. The Kier molecular flexibility index (Phi) is 8.08. The van der Waals surface area contributed by atoms with Crippen LogP contribution in [0.25, 0.3) is 17.0 Å². The Morgan fingerprint density at radius 1 is 1.21 bits per heavy atom. The third kappa shape index (κ3) is 5.47. The summed E-state index contributed by atoms with van der Waals surface area (Å²) in [5.74, 6) is -0.225. The second-order valence-electron chi connectivity index (χ2n) is 10.4. The molecule has 1 aromatic carbocycles. The van der Waals surface area contributed by atoms with E-state index in [2.05, 4.69) is 10.3 Å². The van der Waals surface area contributed by atoms with Gasteiger partial charge in [-0.2, -0.15) is 0 Å². The molecule has 5 nitrogen and oxygen atoms in total. The van der Waals surface area contributed by atoms with E-state index in [4.69, 9.17) is 16.3 Å². The largest absolute Gasteiger partial charge is 0.496 e. The number of aromatic nitrogens is 1. The average molecular weight is 572 g/mol. The molecule has 1 atom stereocenters. The molecule has 1 saturated carbocycles. The lowest BCUT2D eigenvalue weighted by molar-refractivity contribution is 0.0604. The number of alkyl halides is 1. The Hall–Kier alpha value is -2.81. The Morgan fingerprint density at radius 2 is 1.92 bits per heavy atom. The normalized spacial score (nSPS) is 22.7. The number of nitrogens with zero attached hydrogens (tertiary/aromatic N) is 2. The van der Waals surface area contributed by atoms with Gasteiger partial charge in [-0.25, -0.2) is 8.78 Å². The van der Waals surface area contributed by atoms with Crippen LogP contribution in [0.4, 0.5) is 8.78 Å². The number of nitrogens with one attached hydrogen (secondary N) is 1. The number of hydrogen-bond acceptors (Lipinski definition) is 5. The molecule has 0 spiro atoms. The van der Waals surface area contributed by atoms with Crippen LogP contribution in [0.1, 0.15) is 64.7 Å². The van der Waals surface area contributed by atoms with E-state index in [-0.39, 0.29) is 45.3 Å². The predicted molar refractivity (Wildman–Crippen MR) is 153 cm³/mol. The first-order valence-corrected chi connectivity index (χ1v) is 14.4. The highest BCUT2D eigenvalue weighted by Crippen LogP contribution is 2.50. The first-order chi connectivity index (χ1) is 18.7. The molecule has 2 aromatic heterocycles. The zero-order valence-corrected chi connectivity index (χ0v) is 23.8. The van der Waals surface area contributed by atoms with Crippen LogP contribution in [0.5, 0.6) is 5.75 Å². The van der Waals surface area contributed by atoms with Crippen molar-refractivity contribution in [1.82, 2.24) is 15.2 Å². The molecule has 1 N–H and O–H groups in total. The predicted octanol–water partition coefficient (Wildman–Crippen LogP) is 7.54. The van der Waals surface area contributed by atoms with E-state index in [0.717, 1.165) is 53.7 Å². The monoisotopic (exact) mass is 571 g/mol. The lowest BCUT2D eigenvalue weighted by atomic mass is 9.89. The molecule has 39 heavy (non-hydrogen) atoms. The van der Waals surface area contributed by atoms with Crippen molar-refractivity contribution in [2.45, 2.75) is 63.3 Å². The molecule has 1 fully saturated rings. The van der Waals surface area contributed by atoms with E-state index in [1.54, 1.807) is 19.5 Å². The molecule has 0 radical (unpaired) electrons. The number of pyridine rings is 1. The number of benzene rings is 1. The van der Waals surface area contributed by atoms with Gasteiger partial charge in [-0.15, -0.1) is 11.3 Å². The minimum atomic E-state index is -1.78. The summed E-state index contributed by atoms with van der Waals surface area (Å²) in [4.78, 5) is 20.5. The molecule has 0 aliphatic heterocycles. The molecule has 1 unspecified atom stereocenters. The number of fused-ring (bicyclic) bond motifs is 1. The van der Waals surface area contributed by atoms with Gasteiger partial charge >= 0.3 is 0 Å². The number of carbonyl (C=O) groups excluding carboxylic acids is 1. The van der Waals surface area contributed by atoms with E-state index < -0.39 is 11.5 Å². The van der Waals surface area contributed by atoms with Gasteiger partial charge in [0.2, 0.25) is 0 Å². The standard InChI is InChI=1S/C30H32ClF2N3O2S/c1-30(33)13-10-23(32)25-26(31)27(39-28(25)30)29(37)36(22-7-5-21(34-2)6-8-22)17-20-16-19(4-9-24(20)38-3)18-11-14-35-15-12-18/h4,9-12,14-16,21-22,34H,5-8,13,17H2,1-3H3/t21-,22-,30?. The van der Waals surface area contributed by atoms with Crippen molar-refractivity contribution in [1.29, 1.82) is 0 Å². The zero-order valence-electron chi connectivity index (χ0n) is 22.3. The number of rotatable bonds is 7. The maximum atomic E-state index is 15.4. The topological polar surface area (TPSA) is 54.5 Å². The van der Waals surface area contributed by atoms with Gasteiger partial charge < -0.3 is 15.0 Å². The number of amides is 1. The summed E-state index contributed by atoms with van der Waals surface area (Å²) >= 11 is 7.60. The van der Waals surface area contributed by atoms with Crippen LogP contribution in [-0.4, -0.2) is 42.0 Å². The first-order valence-electron chi connectivity index (χ1n) is 13.2. The smallest absolute Gasteiger partial charge is 0.266 e. The molecular weight excluding hydrogens is 540 g/mol. The Labute approximate surface area is 236 Å². The molecular formula is C30H32ClF2N3O2S. The fraction of sp³-hybridized carbons (Fsp3) is 0.400. The first kappa shape index (κ1) is 27.7. The van der Waals surface area contributed by atoms with Gasteiger partial charge in [0.15, 0.2) is 0 Å². The molecule has 0 bridgehead atoms. The molecule has 1 amide bonds. The maximum Gasteiger partial charge on any atom is 0.266 e. The molecule has 2 heterocycles. The highest BCUT2D eigenvalue weighted by molar-refractivity contribution is 7.15. The quantitative estimate of drug-likeness (QED) is 0.318. The van der Waals surface area contributed by atoms with Crippen molar-refractivity contribution in [3.8, 4) is 16.9 Å². The fourth-order valence-corrected chi connectivity index (χ4v) is 7.22. The van der Waals surface area contributed by atoms with Gasteiger partial charge in [0.25, 0.3) is 5.91 Å².